The summed E-state index contributed by atoms with van der Waals surface area (Å²) in [5.74, 6) is 0. The zero-order valence-electron chi connectivity index (χ0n) is 14.4. The highest BCUT2D eigenvalue weighted by Crippen LogP contribution is 2.38. The van der Waals surface area contributed by atoms with Crippen LogP contribution in [0.1, 0.15) is 52.9 Å². The maximum Gasteiger partial charge on any atom is 0.00500 e. The van der Waals surface area contributed by atoms with E-state index >= 15 is 0 Å². The normalized spacial score (nSPS) is 18.3. The van der Waals surface area contributed by atoms with Gasteiger partial charge in [0.05, 0.1) is 0 Å². The summed E-state index contributed by atoms with van der Waals surface area (Å²) in [4.78, 5) is 5.22. The first-order valence-corrected chi connectivity index (χ1v) is 8.79. The lowest BCUT2D eigenvalue weighted by Crippen LogP contribution is -2.42. The summed E-state index contributed by atoms with van der Waals surface area (Å²) in [5, 5.41) is 3.44. The third-order valence-electron chi connectivity index (χ3n) is 5.07. The van der Waals surface area contributed by atoms with Crippen LogP contribution in [0.25, 0.3) is 0 Å². The predicted octanol–water partition coefficient (Wildman–Crippen LogP) is 2.82. The summed E-state index contributed by atoms with van der Waals surface area (Å²) < 4.78 is 0. The van der Waals surface area contributed by atoms with Gasteiger partial charge in [0.25, 0.3) is 0 Å². The molecule has 3 heteroatoms. The molecule has 0 aromatic rings. The molecule has 1 aliphatic carbocycles. The summed E-state index contributed by atoms with van der Waals surface area (Å²) in [6.45, 7) is 15.4. The number of nitrogens with zero attached hydrogens (tertiary/aromatic N) is 2. The van der Waals surface area contributed by atoms with Crippen molar-refractivity contribution in [1.29, 1.82) is 0 Å². The fourth-order valence-electron chi connectivity index (χ4n) is 3.77. The monoisotopic (exact) mass is 283 g/mol. The molecule has 0 heterocycles. The Morgan fingerprint density at radius 3 is 1.95 bits per heavy atom. The maximum atomic E-state index is 3.44. The molecule has 3 nitrogen and oxygen atoms in total. The molecular formula is C17H37N3. The predicted molar refractivity (Wildman–Crippen MR) is 89.3 cm³/mol. The van der Waals surface area contributed by atoms with E-state index in [4.69, 9.17) is 0 Å². The second-order valence-electron chi connectivity index (χ2n) is 6.49. The second-order valence-corrected chi connectivity index (χ2v) is 6.49. The zero-order chi connectivity index (χ0) is 14.8. The Kier molecular flexibility index (Phi) is 8.74. The van der Waals surface area contributed by atoms with Crippen molar-refractivity contribution in [2.24, 2.45) is 5.41 Å². The largest absolute Gasteiger partial charge is 0.319 e. The van der Waals surface area contributed by atoms with E-state index in [1.165, 1.54) is 77.9 Å². The van der Waals surface area contributed by atoms with E-state index in [0.717, 1.165) is 0 Å². The lowest BCUT2D eigenvalue weighted by atomic mass is 9.85. The van der Waals surface area contributed by atoms with Gasteiger partial charge in [-0.1, -0.05) is 33.6 Å². The number of hydrogen-bond donors (Lipinski definition) is 1. The summed E-state index contributed by atoms with van der Waals surface area (Å²) >= 11 is 0. The van der Waals surface area contributed by atoms with Crippen molar-refractivity contribution in [3.63, 3.8) is 0 Å². The SMILES string of the molecule is CCN(CC)CCCN(CC)CC1(CNC)CCCC1. The molecule has 0 bridgehead atoms. The van der Waals surface area contributed by atoms with Gasteiger partial charge in [-0.05, 0) is 64.4 Å². The molecule has 1 fully saturated rings. The molecule has 1 saturated carbocycles. The molecular weight excluding hydrogens is 246 g/mol. The first kappa shape index (κ1) is 17.9. The highest BCUT2D eigenvalue weighted by atomic mass is 15.1. The number of rotatable bonds is 11. The number of hydrogen-bond acceptors (Lipinski definition) is 3. The van der Waals surface area contributed by atoms with E-state index in [2.05, 4.69) is 42.9 Å². The lowest BCUT2D eigenvalue weighted by molar-refractivity contribution is 0.149. The zero-order valence-corrected chi connectivity index (χ0v) is 14.4. The molecule has 20 heavy (non-hydrogen) atoms. The van der Waals surface area contributed by atoms with Crippen molar-refractivity contribution < 1.29 is 0 Å². The van der Waals surface area contributed by atoms with Gasteiger partial charge in [0, 0.05) is 13.1 Å². The molecule has 0 radical (unpaired) electrons. The fourth-order valence-corrected chi connectivity index (χ4v) is 3.77. The first-order chi connectivity index (χ1) is 9.69. The molecule has 0 unspecified atom stereocenters. The fraction of sp³-hybridized carbons (Fsp3) is 1.00. The van der Waals surface area contributed by atoms with Gasteiger partial charge in [-0.2, -0.15) is 0 Å². The minimum atomic E-state index is 0.556. The smallest absolute Gasteiger partial charge is 0.00500 e. The highest BCUT2D eigenvalue weighted by Gasteiger charge is 2.34. The van der Waals surface area contributed by atoms with E-state index in [9.17, 15) is 0 Å². The Bertz CT molecular complexity index is 232. The van der Waals surface area contributed by atoms with Gasteiger partial charge in [0.2, 0.25) is 0 Å². The van der Waals surface area contributed by atoms with Crippen LogP contribution in [0.5, 0.6) is 0 Å². The third-order valence-corrected chi connectivity index (χ3v) is 5.07. The molecule has 0 atom stereocenters. The van der Waals surface area contributed by atoms with Crippen molar-refractivity contribution in [2.75, 3.05) is 52.9 Å². The van der Waals surface area contributed by atoms with E-state index < -0.39 is 0 Å². The van der Waals surface area contributed by atoms with Crippen molar-refractivity contribution in [1.82, 2.24) is 15.1 Å². The molecule has 1 N–H and O–H groups in total. The van der Waals surface area contributed by atoms with Gasteiger partial charge >= 0.3 is 0 Å². The molecule has 0 aromatic carbocycles. The van der Waals surface area contributed by atoms with Crippen molar-refractivity contribution in [3.05, 3.63) is 0 Å². The average Bonchev–Trinajstić information content (AvgIpc) is 2.91. The number of nitrogens with one attached hydrogen (secondary N) is 1. The average molecular weight is 284 g/mol. The van der Waals surface area contributed by atoms with E-state index in [0.29, 0.717) is 5.41 Å². The second kappa shape index (κ2) is 9.75. The molecule has 1 rings (SSSR count). The van der Waals surface area contributed by atoms with Crippen LogP contribution in [0.3, 0.4) is 0 Å². The Morgan fingerprint density at radius 1 is 0.900 bits per heavy atom. The Balaban J connectivity index is 2.37. The lowest BCUT2D eigenvalue weighted by Gasteiger charge is -2.35. The first-order valence-electron chi connectivity index (χ1n) is 8.79. The minimum Gasteiger partial charge on any atom is -0.319 e. The van der Waals surface area contributed by atoms with Crippen molar-refractivity contribution in [3.8, 4) is 0 Å². The van der Waals surface area contributed by atoms with E-state index in [1.807, 2.05) is 0 Å². The van der Waals surface area contributed by atoms with E-state index in [-0.39, 0.29) is 0 Å². The third kappa shape index (κ3) is 5.71. The van der Waals surface area contributed by atoms with Crippen LogP contribution in [0, 0.1) is 5.41 Å². The summed E-state index contributed by atoms with van der Waals surface area (Å²) in [6.07, 6.45) is 7.00. The van der Waals surface area contributed by atoms with Gasteiger partial charge in [0.15, 0.2) is 0 Å². The highest BCUT2D eigenvalue weighted by molar-refractivity contribution is 4.89. The van der Waals surface area contributed by atoms with Gasteiger partial charge in [-0.25, -0.2) is 0 Å². The van der Waals surface area contributed by atoms with Crippen LogP contribution in [0.2, 0.25) is 0 Å². The molecule has 0 amide bonds. The van der Waals surface area contributed by atoms with Crippen LogP contribution >= 0.6 is 0 Å². The molecule has 0 saturated heterocycles. The molecule has 0 aromatic heterocycles. The molecule has 1 aliphatic rings. The topological polar surface area (TPSA) is 18.5 Å². The minimum absolute atomic E-state index is 0.556. The standard InChI is InChI=1S/C17H37N3/c1-5-19(6-2)13-10-14-20(7-3)16-17(15-18-4)11-8-9-12-17/h18H,5-16H2,1-4H3. The molecule has 0 spiro atoms. The molecule has 0 aliphatic heterocycles. The maximum absolute atomic E-state index is 3.44. The van der Waals surface area contributed by atoms with Gasteiger partial charge in [-0.3, -0.25) is 0 Å². The van der Waals surface area contributed by atoms with Crippen LogP contribution in [-0.2, 0) is 0 Å². The van der Waals surface area contributed by atoms with Crippen molar-refractivity contribution in [2.45, 2.75) is 52.9 Å². The Labute approximate surface area is 127 Å². The Morgan fingerprint density at radius 2 is 1.45 bits per heavy atom. The van der Waals surface area contributed by atoms with Crippen LogP contribution < -0.4 is 5.32 Å². The van der Waals surface area contributed by atoms with E-state index in [1.54, 1.807) is 0 Å². The summed E-state index contributed by atoms with van der Waals surface area (Å²) in [6, 6.07) is 0. The van der Waals surface area contributed by atoms with Crippen LogP contribution in [0.4, 0.5) is 0 Å². The molecule has 120 valence electrons. The van der Waals surface area contributed by atoms with Gasteiger partial charge in [0.1, 0.15) is 0 Å². The van der Waals surface area contributed by atoms with Gasteiger partial charge < -0.3 is 15.1 Å². The van der Waals surface area contributed by atoms with Crippen LogP contribution in [-0.4, -0.2) is 62.7 Å². The van der Waals surface area contributed by atoms with Crippen LogP contribution in [0.15, 0.2) is 0 Å². The van der Waals surface area contributed by atoms with Crippen molar-refractivity contribution >= 4 is 0 Å². The Hall–Kier alpha value is -0.120. The summed E-state index contributed by atoms with van der Waals surface area (Å²) in [7, 11) is 2.11. The quantitative estimate of drug-likeness (QED) is 0.629. The van der Waals surface area contributed by atoms with Gasteiger partial charge in [-0.15, -0.1) is 0 Å². The summed E-state index contributed by atoms with van der Waals surface area (Å²) in [5.41, 5.74) is 0.556.